The highest BCUT2D eigenvalue weighted by molar-refractivity contribution is 5.54. The van der Waals surface area contributed by atoms with Crippen LogP contribution in [0, 0.1) is 0 Å². The predicted molar refractivity (Wildman–Crippen MR) is 97.7 cm³/mol. The Morgan fingerprint density at radius 3 is 1.77 bits per heavy atom. The Morgan fingerprint density at radius 2 is 1.23 bits per heavy atom. The van der Waals surface area contributed by atoms with Crippen molar-refractivity contribution in [3.05, 3.63) is 24.3 Å². The molecular weight excluding hydrogens is 270 g/mol. The van der Waals surface area contributed by atoms with Crippen LogP contribution in [0.1, 0.15) is 84.0 Å². The highest BCUT2D eigenvalue weighted by Gasteiger charge is 1.97. The summed E-state index contributed by atoms with van der Waals surface area (Å²) in [7, 11) is 0. The van der Waals surface area contributed by atoms with E-state index < -0.39 is 0 Å². The van der Waals surface area contributed by atoms with Crippen molar-refractivity contribution in [1.82, 2.24) is 0 Å². The van der Waals surface area contributed by atoms with Crippen LogP contribution < -0.4 is 5.32 Å². The van der Waals surface area contributed by atoms with Gasteiger partial charge in [0, 0.05) is 6.54 Å². The lowest BCUT2D eigenvalue weighted by Gasteiger charge is -2.08. The first kappa shape index (κ1) is 18.9. The molecule has 1 aromatic carbocycles. The predicted octanol–water partition coefficient (Wildman–Crippen LogP) is 6.51. The Hall–Kier alpha value is -1.18. The number of aromatic hydroxyl groups is 1. The largest absolute Gasteiger partial charge is 0.506 e. The maximum absolute atomic E-state index is 9.64. The number of hydrogen-bond acceptors (Lipinski definition) is 2. The van der Waals surface area contributed by atoms with Crippen molar-refractivity contribution in [3.8, 4) is 5.75 Å². The van der Waals surface area contributed by atoms with Gasteiger partial charge in [0.05, 0.1) is 5.69 Å². The van der Waals surface area contributed by atoms with Crippen molar-refractivity contribution in [1.29, 1.82) is 0 Å². The molecule has 0 unspecified atom stereocenters. The number of nitrogens with one attached hydrogen (secondary N) is 1. The number of phenols is 1. The molecule has 0 spiro atoms. The van der Waals surface area contributed by atoms with E-state index in [1.54, 1.807) is 6.07 Å². The third kappa shape index (κ3) is 9.70. The normalized spacial score (nSPS) is 10.8. The van der Waals surface area contributed by atoms with Crippen LogP contribution in [0.4, 0.5) is 5.69 Å². The lowest BCUT2D eigenvalue weighted by atomic mass is 10.1. The minimum atomic E-state index is 0.349. The molecule has 0 atom stereocenters. The van der Waals surface area contributed by atoms with Gasteiger partial charge in [-0.15, -0.1) is 0 Å². The van der Waals surface area contributed by atoms with Gasteiger partial charge in [-0.05, 0) is 18.6 Å². The summed E-state index contributed by atoms with van der Waals surface area (Å²) >= 11 is 0. The molecule has 2 nitrogen and oxygen atoms in total. The lowest BCUT2D eigenvalue weighted by molar-refractivity contribution is 0.477. The van der Waals surface area contributed by atoms with E-state index in [4.69, 9.17) is 0 Å². The van der Waals surface area contributed by atoms with E-state index >= 15 is 0 Å². The number of para-hydroxylation sites is 2. The lowest BCUT2D eigenvalue weighted by Crippen LogP contribution is -2.01. The number of rotatable bonds is 14. The molecular formula is C20H35NO. The molecule has 126 valence electrons. The van der Waals surface area contributed by atoms with Gasteiger partial charge in [0.15, 0.2) is 0 Å². The average Bonchev–Trinajstić information content (AvgIpc) is 2.53. The third-order valence-electron chi connectivity index (χ3n) is 4.25. The smallest absolute Gasteiger partial charge is 0.138 e. The second-order valence-electron chi connectivity index (χ2n) is 6.33. The van der Waals surface area contributed by atoms with Crippen LogP contribution in [0.3, 0.4) is 0 Å². The fourth-order valence-electron chi connectivity index (χ4n) is 2.81. The zero-order chi connectivity index (χ0) is 15.9. The molecule has 1 aromatic rings. The molecule has 22 heavy (non-hydrogen) atoms. The molecule has 2 N–H and O–H groups in total. The van der Waals surface area contributed by atoms with Gasteiger partial charge in [0.2, 0.25) is 0 Å². The van der Waals surface area contributed by atoms with Gasteiger partial charge >= 0.3 is 0 Å². The summed E-state index contributed by atoms with van der Waals surface area (Å²) in [6.07, 6.45) is 16.5. The number of phenolic OH excluding ortho intramolecular Hbond substituents is 1. The van der Waals surface area contributed by atoms with Crippen LogP contribution in [0.15, 0.2) is 24.3 Å². The van der Waals surface area contributed by atoms with Crippen molar-refractivity contribution in [3.63, 3.8) is 0 Å². The van der Waals surface area contributed by atoms with Crippen LogP contribution in [-0.4, -0.2) is 11.7 Å². The molecule has 0 bridgehead atoms. The van der Waals surface area contributed by atoms with Crippen molar-refractivity contribution in [2.75, 3.05) is 11.9 Å². The summed E-state index contributed by atoms with van der Waals surface area (Å²) in [5, 5.41) is 12.9. The van der Waals surface area contributed by atoms with Crippen molar-refractivity contribution < 1.29 is 5.11 Å². The second kappa shape index (κ2) is 13.5. The molecule has 0 radical (unpaired) electrons. The quantitative estimate of drug-likeness (QED) is 0.303. The van der Waals surface area contributed by atoms with E-state index in [-0.39, 0.29) is 0 Å². The molecule has 0 fully saturated rings. The molecule has 0 aliphatic rings. The Kier molecular flexibility index (Phi) is 11.6. The van der Waals surface area contributed by atoms with Crippen LogP contribution in [-0.2, 0) is 0 Å². The standard InChI is InChI=1S/C20H35NO/c1-2-3-4-5-6-7-8-9-10-11-12-15-18-21-19-16-13-14-17-20(19)22/h13-14,16-17,21-22H,2-12,15,18H2,1H3. The Labute approximate surface area is 137 Å². The van der Waals surface area contributed by atoms with Gasteiger partial charge in [-0.1, -0.05) is 89.7 Å². The van der Waals surface area contributed by atoms with Crippen molar-refractivity contribution in [2.45, 2.75) is 84.0 Å². The van der Waals surface area contributed by atoms with E-state index in [0.29, 0.717) is 5.75 Å². The highest BCUT2D eigenvalue weighted by atomic mass is 16.3. The number of unbranched alkanes of at least 4 members (excludes halogenated alkanes) is 11. The van der Waals surface area contributed by atoms with Crippen LogP contribution in [0.2, 0.25) is 0 Å². The molecule has 0 amide bonds. The number of benzene rings is 1. The maximum Gasteiger partial charge on any atom is 0.138 e. The van der Waals surface area contributed by atoms with Gasteiger partial charge in [0.1, 0.15) is 5.75 Å². The van der Waals surface area contributed by atoms with Gasteiger partial charge in [0.25, 0.3) is 0 Å². The molecule has 0 saturated heterocycles. The van der Waals surface area contributed by atoms with E-state index in [2.05, 4.69) is 12.2 Å². The Morgan fingerprint density at radius 1 is 0.727 bits per heavy atom. The molecule has 1 rings (SSSR count). The SMILES string of the molecule is CCCCCCCCCCCCCCNc1ccccc1O. The first-order chi connectivity index (χ1) is 10.8. The van der Waals surface area contributed by atoms with Gasteiger partial charge < -0.3 is 10.4 Å². The van der Waals surface area contributed by atoms with Gasteiger partial charge in [-0.2, -0.15) is 0 Å². The zero-order valence-corrected chi connectivity index (χ0v) is 14.4. The molecule has 0 aliphatic carbocycles. The highest BCUT2D eigenvalue weighted by Crippen LogP contribution is 2.21. The van der Waals surface area contributed by atoms with Crippen molar-refractivity contribution >= 4 is 5.69 Å². The summed E-state index contributed by atoms with van der Waals surface area (Å²) < 4.78 is 0. The van der Waals surface area contributed by atoms with E-state index in [0.717, 1.165) is 12.2 Å². The molecule has 2 heteroatoms. The van der Waals surface area contributed by atoms with Gasteiger partial charge in [-0.25, -0.2) is 0 Å². The molecule has 0 aliphatic heterocycles. The molecule has 0 heterocycles. The molecule has 0 saturated carbocycles. The first-order valence-electron chi connectivity index (χ1n) is 9.36. The minimum absolute atomic E-state index is 0.349. The third-order valence-corrected chi connectivity index (χ3v) is 4.25. The Balaban J connectivity index is 1.81. The Bertz CT molecular complexity index is 364. The molecule has 0 aromatic heterocycles. The number of anilines is 1. The van der Waals surface area contributed by atoms with E-state index in [1.807, 2.05) is 18.2 Å². The summed E-state index contributed by atoms with van der Waals surface area (Å²) in [5.41, 5.74) is 0.852. The van der Waals surface area contributed by atoms with Crippen LogP contribution in [0.25, 0.3) is 0 Å². The summed E-state index contributed by atoms with van der Waals surface area (Å²) in [6, 6.07) is 7.45. The van der Waals surface area contributed by atoms with E-state index in [9.17, 15) is 5.11 Å². The fourth-order valence-corrected chi connectivity index (χ4v) is 2.81. The van der Waals surface area contributed by atoms with Crippen LogP contribution in [0.5, 0.6) is 5.75 Å². The zero-order valence-electron chi connectivity index (χ0n) is 14.4. The summed E-state index contributed by atoms with van der Waals surface area (Å²) in [6.45, 7) is 3.23. The maximum atomic E-state index is 9.64. The fraction of sp³-hybridized carbons (Fsp3) is 0.700. The summed E-state index contributed by atoms with van der Waals surface area (Å²) in [4.78, 5) is 0. The second-order valence-corrected chi connectivity index (χ2v) is 6.33. The average molecular weight is 306 g/mol. The topological polar surface area (TPSA) is 32.3 Å². The number of hydrogen-bond donors (Lipinski definition) is 2. The monoisotopic (exact) mass is 305 g/mol. The minimum Gasteiger partial charge on any atom is -0.506 e. The van der Waals surface area contributed by atoms with Gasteiger partial charge in [-0.3, -0.25) is 0 Å². The first-order valence-corrected chi connectivity index (χ1v) is 9.36. The van der Waals surface area contributed by atoms with Crippen LogP contribution >= 0.6 is 0 Å². The summed E-state index contributed by atoms with van der Waals surface area (Å²) in [5.74, 6) is 0.349. The van der Waals surface area contributed by atoms with E-state index in [1.165, 1.54) is 77.0 Å². The van der Waals surface area contributed by atoms with Crippen molar-refractivity contribution in [2.24, 2.45) is 0 Å².